The Morgan fingerprint density at radius 1 is 1.26 bits per heavy atom. The predicted octanol–water partition coefficient (Wildman–Crippen LogP) is 1.66. The number of nitrogens with zero attached hydrogens (tertiary/aromatic N) is 1. The van der Waals surface area contributed by atoms with Crippen molar-refractivity contribution in [3.8, 4) is 5.75 Å². The van der Waals surface area contributed by atoms with Crippen LogP contribution in [0.25, 0.3) is 0 Å². The third kappa shape index (κ3) is 6.46. The van der Waals surface area contributed by atoms with Gasteiger partial charge in [0.25, 0.3) is 5.91 Å². The van der Waals surface area contributed by atoms with Crippen LogP contribution in [0, 0.1) is 0 Å². The van der Waals surface area contributed by atoms with Crippen molar-refractivity contribution in [3.63, 3.8) is 0 Å². The maximum absolute atomic E-state index is 11.9. The molecule has 0 radical (unpaired) electrons. The molecule has 1 aromatic rings. The number of carbonyl (C=O) groups excluding carboxylic acids is 2. The van der Waals surface area contributed by atoms with Crippen molar-refractivity contribution in [1.29, 1.82) is 0 Å². The molecule has 128 valence electrons. The van der Waals surface area contributed by atoms with E-state index in [9.17, 15) is 9.59 Å². The van der Waals surface area contributed by atoms with E-state index in [0.29, 0.717) is 24.4 Å². The lowest BCUT2D eigenvalue weighted by molar-refractivity contribution is -0.132. The zero-order valence-corrected chi connectivity index (χ0v) is 14.2. The Labute approximate surface area is 143 Å². The van der Waals surface area contributed by atoms with Crippen LogP contribution in [0.2, 0.25) is 0 Å². The van der Waals surface area contributed by atoms with Crippen molar-refractivity contribution in [3.05, 3.63) is 24.3 Å². The zero-order chi connectivity index (χ0) is 15.8. The van der Waals surface area contributed by atoms with Crippen molar-refractivity contribution >= 4 is 29.9 Å². The van der Waals surface area contributed by atoms with Crippen molar-refractivity contribution < 1.29 is 14.3 Å². The van der Waals surface area contributed by atoms with E-state index in [0.717, 1.165) is 25.9 Å². The number of rotatable bonds is 7. The number of benzene rings is 1. The van der Waals surface area contributed by atoms with Crippen molar-refractivity contribution in [2.24, 2.45) is 0 Å². The number of amides is 2. The Kier molecular flexibility index (Phi) is 8.43. The summed E-state index contributed by atoms with van der Waals surface area (Å²) in [7, 11) is 1.80. The summed E-state index contributed by atoms with van der Waals surface area (Å²) in [6, 6.07) is 7.10. The first-order chi connectivity index (χ1) is 10.7. The van der Waals surface area contributed by atoms with Crippen LogP contribution in [0.5, 0.6) is 5.75 Å². The van der Waals surface area contributed by atoms with Crippen molar-refractivity contribution in [2.75, 3.05) is 38.6 Å². The Morgan fingerprint density at radius 2 is 2.00 bits per heavy atom. The summed E-state index contributed by atoms with van der Waals surface area (Å²) in [5, 5.41) is 5.73. The molecule has 1 aliphatic heterocycles. The minimum atomic E-state index is -0.0559. The molecule has 2 N–H and O–H groups in total. The number of hydrogen-bond acceptors (Lipinski definition) is 4. The molecule has 1 aliphatic rings. The lowest BCUT2D eigenvalue weighted by Gasteiger charge is -2.15. The molecule has 2 amide bonds. The number of halogens is 1. The van der Waals surface area contributed by atoms with E-state index in [1.807, 2.05) is 4.90 Å². The minimum Gasteiger partial charge on any atom is -0.484 e. The number of carbonyl (C=O) groups is 2. The molecule has 0 spiro atoms. The first-order valence-electron chi connectivity index (χ1n) is 7.64. The monoisotopic (exact) mass is 341 g/mol. The van der Waals surface area contributed by atoms with Crippen molar-refractivity contribution in [1.82, 2.24) is 10.2 Å². The van der Waals surface area contributed by atoms with Crippen LogP contribution in [-0.4, -0.2) is 50.0 Å². The lowest BCUT2D eigenvalue weighted by atomic mass is 10.3. The van der Waals surface area contributed by atoms with Gasteiger partial charge in [-0.15, -0.1) is 12.4 Å². The van der Waals surface area contributed by atoms with Gasteiger partial charge in [0.1, 0.15) is 5.75 Å². The molecule has 0 saturated carbocycles. The van der Waals surface area contributed by atoms with Gasteiger partial charge in [0.05, 0.1) is 0 Å². The van der Waals surface area contributed by atoms with Crippen molar-refractivity contribution in [2.45, 2.75) is 19.3 Å². The first kappa shape index (κ1) is 19.3. The van der Waals surface area contributed by atoms with Gasteiger partial charge >= 0.3 is 0 Å². The molecule has 1 fully saturated rings. The number of likely N-dealkylation sites (tertiary alicyclic amines) is 1. The zero-order valence-electron chi connectivity index (χ0n) is 13.3. The highest BCUT2D eigenvalue weighted by molar-refractivity contribution is 5.91. The highest BCUT2D eigenvalue weighted by atomic mass is 35.5. The van der Waals surface area contributed by atoms with E-state index in [1.165, 1.54) is 0 Å². The summed E-state index contributed by atoms with van der Waals surface area (Å²) < 4.78 is 5.53. The second-order valence-corrected chi connectivity index (χ2v) is 5.31. The fourth-order valence-corrected chi connectivity index (χ4v) is 2.33. The van der Waals surface area contributed by atoms with Gasteiger partial charge in [0.2, 0.25) is 5.91 Å². The molecule has 1 heterocycles. The maximum Gasteiger partial charge on any atom is 0.260 e. The van der Waals surface area contributed by atoms with E-state index >= 15 is 0 Å². The maximum atomic E-state index is 11.9. The number of hydrogen-bond donors (Lipinski definition) is 2. The van der Waals surface area contributed by atoms with Gasteiger partial charge in [-0.2, -0.15) is 0 Å². The summed E-state index contributed by atoms with van der Waals surface area (Å²) in [6.45, 7) is 2.32. The normalized spacial score (nSPS) is 13.3. The molecule has 0 aromatic heterocycles. The molecule has 0 bridgehead atoms. The van der Waals surface area contributed by atoms with E-state index in [-0.39, 0.29) is 30.8 Å². The molecular weight excluding hydrogens is 318 g/mol. The molecule has 6 nitrogen and oxygen atoms in total. The lowest BCUT2D eigenvalue weighted by Crippen LogP contribution is -2.32. The smallest absolute Gasteiger partial charge is 0.260 e. The molecule has 7 heteroatoms. The third-order valence-electron chi connectivity index (χ3n) is 3.54. The summed E-state index contributed by atoms with van der Waals surface area (Å²) in [6.07, 6.45) is 2.55. The standard InChI is InChI=1S/C16H23N3O3.ClH/c1-17-8-7-15(20)18-13-5-4-6-14(11-13)22-12-16(21)19-9-2-3-10-19;/h4-6,11,17H,2-3,7-10,12H2,1H3,(H,18,20);1H. The molecule has 2 rings (SSSR count). The third-order valence-corrected chi connectivity index (χ3v) is 3.54. The molecule has 0 atom stereocenters. The Hall–Kier alpha value is -1.79. The quantitative estimate of drug-likeness (QED) is 0.791. The average Bonchev–Trinajstić information content (AvgIpc) is 3.05. The summed E-state index contributed by atoms with van der Waals surface area (Å²) in [5.41, 5.74) is 0.673. The van der Waals surface area contributed by atoms with Gasteiger partial charge in [0.15, 0.2) is 6.61 Å². The molecular formula is C16H24ClN3O3. The second kappa shape index (κ2) is 10.1. The van der Waals surface area contributed by atoms with Gasteiger partial charge in [0, 0.05) is 37.8 Å². The number of nitrogens with one attached hydrogen (secondary N) is 2. The van der Waals surface area contributed by atoms with Crippen LogP contribution in [0.15, 0.2) is 24.3 Å². The van der Waals surface area contributed by atoms with Gasteiger partial charge in [-0.1, -0.05) is 6.07 Å². The fourth-order valence-electron chi connectivity index (χ4n) is 2.33. The van der Waals surface area contributed by atoms with Crippen LogP contribution >= 0.6 is 12.4 Å². The second-order valence-electron chi connectivity index (χ2n) is 5.31. The molecule has 0 unspecified atom stereocenters. The number of anilines is 1. The average molecular weight is 342 g/mol. The summed E-state index contributed by atoms with van der Waals surface area (Å²) >= 11 is 0. The molecule has 0 aliphatic carbocycles. The predicted molar refractivity (Wildman–Crippen MR) is 92.2 cm³/mol. The van der Waals surface area contributed by atoms with E-state index in [1.54, 1.807) is 31.3 Å². The summed E-state index contributed by atoms with van der Waals surface area (Å²) in [5.74, 6) is 0.541. The summed E-state index contributed by atoms with van der Waals surface area (Å²) in [4.78, 5) is 25.4. The fraction of sp³-hybridized carbons (Fsp3) is 0.500. The largest absolute Gasteiger partial charge is 0.484 e. The van der Waals surface area contributed by atoms with Crippen LogP contribution in [0.3, 0.4) is 0 Å². The van der Waals surface area contributed by atoms with E-state index in [2.05, 4.69) is 10.6 Å². The molecule has 1 saturated heterocycles. The molecule has 1 aromatic carbocycles. The van der Waals surface area contributed by atoms with E-state index < -0.39 is 0 Å². The van der Waals surface area contributed by atoms with Crippen LogP contribution < -0.4 is 15.4 Å². The number of ether oxygens (including phenoxy) is 1. The minimum absolute atomic E-state index is 0. The van der Waals surface area contributed by atoms with Gasteiger partial charge in [-0.3, -0.25) is 9.59 Å². The van der Waals surface area contributed by atoms with Crippen LogP contribution in [-0.2, 0) is 9.59 Å². The highest BCUT2D eigenvalue weighted by Gasteiger charge is 2.18. The van der Waals surface area contributed by atoms with Gasteiger partial charge in [-0.05, 0) is 32.0 Å². The highest BCUT2D eigenvalue weighted by Crippen LogP contribution is 2.18. The Balaban J connectivity index is 0.00000264. The van der Waals surface area contributed by atoms with Gasteiger partial charge < -0.3 is 20.3 Å². The van der Waals surface area contributed by atoms with E-state index in [4.69, 9.17) is 4.74 Å². The topological polar surface area (TPSA) is 70.7 Å². The molecule has 23 heavy (non-hydrogen) atoms. The van der Waals surface area contributed by atoms with Gasteiger partial charge in [-0.25, -0.2) is 0 Å². The Morgan fingerprint density at radius 3 is 2.70 bits per heavy atom. The SMILES string of the molecule is CNCCC(=O)Nc1cccc(OCC(=O)N2CCCC2)c1.Cl. The van der Waals surface area contributed by atoms with Crippen LogP contribution in [0.4, 0.5) is 5.69 Å². The van der Waals surface area contributed by atoms with Crippen LogP contribution in [0.1, 0.15) is 19.3 Å². The Bertz CT molecular complexity index is 519. The first-order valence-corrected chi connectivity index (χ1v) is 7.64.